The highest BCUT2D eigenvalue weighted by Crippen LogP contribution is 2.33. The molecule has 0 fully saturated rings. The number of nitrogens with two attached hydrogens (primary N) is 1. The molecule has 0 radical (unpaired) electrons. The van der Waals surface area contributed by atoms with E-state index in [2.05, 4.69) is 43.3 Å². The van der Waals surface area contributed by atoms with Gasteiger partial charge in [0, 0.05) is 19.2 Å². The van der Waals surface area contributed by atoms with Crippen molar-refractivity contribution >= 4 is 21.6 Å². The van der Waals surface area contributed by atoms with Gasteiger partial charge in [-0.25, -0.2) is 9.99 Å². The Labute approximate surface area is 135 Å². The van der Waals surface area contributed by atoms with Crippen LogP contribution in [0, 0.1) is 0 Å². The normalized spacial score (nSPS) is 11.5. The molecule has 0 unspecified atom stereocenters. The highest BCUT2D eigenvalue weighted by molar-refractivity contribution is 7.21. The Morgan fingerprint density at radius 2 is 1.91 bits per heavy atom. The number of thiazole rings is 1. The Morgan fingerprint density at radius 1 is 1.14 bits per heavy atom. The molecule has 2 N–H and O–H groups in total. The molecule has 0 bridgehead atoms. The highest BCUT2D eigenvalue weighted by Gasteiger charge is 2.14. The van der Waals surface area contributed by atoms with Crippen LogP contribution in [0.4, 0.5) is 0 Å². The van der Waals surface area contributed by atoms with Gasteiger partial charge in [0.15, 0.2) is 0 Å². The Hall–Kier alpha value is -1.75. The van der Waals surface area contributed by atoms with Crippen LogP contribution in [0.2, 0.25) is 0 Å². The van der Waals surface area contributed by atoms with Crippen LogP contribution in [0.5, 0.6) is 0 Å². The predicted molar refractivity (Wildman–Crippen MR) is 94.7 cm³/mol. The summed E-state index contributed by atoms with van der Waals surface area (Å²) in [7, 11) is 1.90. The summed E-state index contributed by atoms with van der Waals surface area (Å²) >= 11 is 1.75. The minimum absolute atomic E-state index is 0.727. The second-order valence-corrected chi connectivity index (χ2v) is 6.63. The quantitative estimate of drug-likeness (QED) is 0.566. The first-order valence-corrected chi connectivity index (χ1v) is 8.43. The molecule has 3 nitrogen and oxygen atoms in total. The molecule has 0 atom stereocenters. The Kier molecular flexibility index (Phi) is 4.52. The highest BCUT2D eigenvalue weighted by atomic mass is 32.1. The third-order valence-corrected chi connectivity index (χ3v) is 4.78. The Morgan fingerprint density at radius 3 is 2.59 bits per heavy atom. The average Bonchev–Trinajstić information content (AvgIpc) is 2.95. The first-order chi connectivity index (χ1) is 10.7. The third-order valence-electron chi connectivity index (χ3n) is 3.71. The molecule has 22 heavy (non-hydrogen) atoms. The smallest absolute Gasteiger partial charge is 0.124 e. The van der Waals surface area contributed by atoms with E-state index in [9.17, 15) is 0 Å². The van der Waals surface area contributed by atoms with E-state index in [-0.39, 0.29) is 0 Å². The maximum Gasteiger partial charge on any atom is 0.124 e. The van der Waals surface area contributed by atoms with Crippen LogP contribution in [-0.4, -0.2) is 17.0 Å². The third kappa shape index (κ3) is 3.04. The first-order valence-electron chi connectivity index (χ1n) is 7.61. The zero-order valence-corrected chi connectivity index (χ0v) is 13.9. The molecule has 2 aromatic carbocycles. The lowest BCUT2D eigenvalue weighted by Gasteiger charge is -2.14. The largest absolute Gasteiger partial charge is 0.269 e. The lowest BCUT2D eigenvalue weighted by atomic mass is 10.0. The van der Waals surface area contributed by atoms with Gasteiger partial charge in [0.1, 0.15) is 5.01 Å². The molecule has 1 heterocycles. The zero-order valence-electron chi connectivity index (χ0n) is 13.0. The van der Waals surface area contributed by atoms with E-state index in [1.165, 1.54) is 21.4 Å². The maximum absolute atomic E-state index is 5.91. The molecule has 3 aromatic rings. The molecule has 0 aliphatic rings. The van der Waals surface area contributed by atoms with Crippen molar-refractivity contribution in [3.63, 3.8) is 0 Å². The molecule has 0 aliphatic heterocycles. The number of hydrogen-bond donors (Lipinski definition) is 1. The fraction of sp³-hybridized carbons (Fsp3) is 0.278. The summed E-state index contributed by atoms with van der Waals surface area (Å²) in [6.07, 6.45) is 2.19. The van der Waals surface area contributed by atoms with Gasteiger partial charge in [-0.1, -0.05) is 49.7 Å². The van der Waals surface area contributed by atoms with E-state index >= 15 is 0 Å². The lowest BCUT2D eigenvalue weighted by molar-refractivity contribution is 0.341. The van der Waals surface area contributed by atoms with Crippen molar-refractivity contribution in [3.8, 4) is 10.6 Å². The van der Waals surface area contributed by atoms with Gasteiger partial charge in [0.05, 0.1) is 10.2 Å². The fourth-order valence-electron chi connectivity index (χ4n) is 2.72. The summed E-state index contributed by atoms with van der Waals surface area (Å²) in [5.74, 6) is 5.91. The van der Waals surface area contributed by atoms with Gasteiger partial charge in [0.25, 0.3) is 0 Å². The van der Waals surface area contributed by atoms with Gasteiger partial charge < -0.3 is 0 Å². The topological polar surface area (TPSA) is 42.2 Å². The fourth-order valence-corrected chi connectivity index (χ4v) is 3.72. The Balaban J connectivity index is 2.14. The molecule has 114 valence electrons. The summed E-state index contributed by atoms with van der Waals surface area (Å²) in [5, 5.41) is 2.81. The van der Waals surface area contributed by atoms with Gasteiger partial charge >= 0.3 is 0 Å². The van der Waals surface area contributed by atoms with Crippen LogP contribution in [0.25, 0.3) is 20.8 Å². The van der Waals surface area contributed by atoms with Gasteiger partial charge in [-0.2, -0.15) is 0 Å². The number of aryl methyl sites for hydroxylation is 1. The van der Waals surface area contributed by atoms with E-state index in [0.717, 1.165) is 29.9 Å². The minimum Gasteiger partial charge on any atom is -0.269 e. The van der Waals surface area contributed by atoms with Crippen molar-refractivity contribution in [1.82, 2.24) is 9.99 Å². The van der Waals surface area contributed by atoms with E-state index in [1.54, 1.807) is 16.3 Å². The number of benzene rings is 2. The van der Waals surface area contributed by atoms with E-state index < -0.39 is 0 Å². The van der Waals surface area contributed by atoms with Crippen LogP contribution in [-0.2, 0) is 13.0 Å². The van der Waals surface area contributed by atoms with Crippen molar-refractivity contribution in [2.75, 3.05) is 7.05 Å². The molecular formula is C18H21N3S. The van der Waals surface area contributed by atoms with E-state index in [1.807, 2.05) is 13.1 Å². The van der Waals surface area contributed by atoms with Gasteiger partial charge in [-0.15, -0.1) is 11.3 Å². The summed E-state index contributed by atoms with van der Waals surface area (Å²) in [4.78, 5) is 4.92. The van der Waals surface area contributed by atoms with Crippen LogP contribution in [0.3, 0.4) is 0 Å². The van der Waals surface area contributed by atoms with Crippen LogP contribution < -0.4 is 5.84 Å². The van der Waals surface area contributed by atoms with Crippen molar-refractivity contribution < 1.29 is 0 Å². The summed E-state index contributed by atoms with van der Waals surface area (Å²) in [5.41, 5.74) is 4.90. The van der Waals surface area contributed by atoms with Gasteiger partial charge in [-0.3, -0.25) is 5.84 Å². The number of hydrogen-bond acceptors (Lipinski definition) is 4. The molecule has 1 aromatic heterocycles. The van der Waals surface area contributed by atoms with E-state index in [4.69, 9.17) is 10.8 Å². The molecule has 0 aliphatic carbocycles. The van der Waals surface area contributed by atoms with E-state index in [0.29, 0.717) is 0 Å². The molecule has 0 amide bonds. The molecule has 0 saturated carbocycles. The average molecular weight is 311 g/mol. The Bertz CT molecular complexity index is 763. The minimum atomic E-state index is 0.727. The number of rotatable bonds is 5. The SMILES string of the molecule is CCCc1ccc2sc(-c3ccccc3)nc2c1CN(C)N. The summed E-state index contributed by atoms with van der Waals surface area (Å²) in [6, 6.07) is 14.8. The summed E-state index contributed by atoms with van der Waals surface area (Å²) in [6.45, 7) is 2.93. The van der Waals surface area contributed by atoms with Gasteiger partial charge in [-0.05, 0) is 23.6 Å². The first kappa shape index (κ1) is 15.2. The van der Waals surface area contributed by atoms with Crippen molar-refractivity contribution in [3.05, 3.63) is 53.6 Å². The predicted octanol–water partition coefficient (Wildman–Crippen LogP) is 4.22. The van der Waals surface area contributed by atoms with Crippen LogP contribution in [0.1, 0.15) is 24.5 Å². The second kappa shape index (κ2) is 6.57. The monoisotopic (exact) mass is 311 g/mol. The molecule has 3 rings (SSSR count). The molecule has 0 spiro atoms. The second-order valence-electron chi connectivity index (χ2n) is 5.60. The lowest BCUT2D eigenvalue weighted by Crippen LogP contribution is -2.25. The summed E-state index contributed by atoms with van der Waals surface area (Å²) < 4.78 is 1.23. The molecular weight excluding hydrogens is 290 g/mol. The standard InChI is InChI=1S/C18H21N3S/c1-3-7-13-10-11-16-17(15(13)12-21(2)19)20-18(22-16)14-8-5-4-6-9-14/h4-6,8-11H,3,7,12,19H2,1-2H3. The van der Waals surface area contributed by atoms with Gasteiger partial charge in [0.2, 0.25) is 0 Å². The zero-order chi connectivity index (χ0) is 15.5. The van der Waals surface area contributed by atoms with Crippen LogP contribution >= 0.6 is 11.3 Å². The van der Waals surface area contributed by atoms with Crippen molar-refractivity contribution in [1.29, 1.82) is 0 Å². The molecule has 0 saturated heterocycles. The maximum atomic E-state index is 5.91. The number of fused-ring (bicyclic) bond motifs is 1. The van der Waals surface area contributed by atoms with Crippen molar-refractivity contribution in [2.24, 2.45) is 5.84 Å². The van der Waals surface area contributed by atoms with Crippen LogP contribution in [0.15, 0.2) is 42.5 Å². The number of hydrazine groups is 1. The molecule has 4 heteroatoms. The van der Waals surface area contributed by atoms with Crippen molar-refractivity contribution in [2.45, 2.75) is 26.3 Å². The number of aromatic nitrogens is 1. The number of nitrogens with zero attached hydrogens (tertiary/aromatic N) is 2.